The van der Waals surface area contributed by atoms with Crippen molar-refractivity contribution in [3.63, 3.8) is 0 Å². The number of halogens is 1. The second kappa shape index (κ2) is 7.21. The first kappa shape index (κ1) is 17.2. The van der Waals surface area contributed by atoms with Gasteiger partial charge in [-0.2, -0.15) is 5.06 Å². The molecular weight excluding hydrogens is 364 g/mol. The van der Waals surface area contributed by atoms with Gasteiger partial charge in [0.25, 0.3) is 0 Å². The molecule has 3 aromatic rings. The van der Waals surface area contributed by atoms with E-state index in [0.29, 0.717) is 10.7 Å². The van der Waals surface area contributed by atoms with E-state index < -0.39 is 12.3 Å². The topological polar surface area (TPSA) is 42.0 Å². The Morgan fingerprint density at radius 2 is 1.63 bits per heavy atom. The van der Waals surface area contributed by atoms with Gasteiger partial charge in [-0.15, -0.1) is 0 Å². The molecule has 0 radical (unpaired) electrons. The molecule has 1 saturated heterocycles. The normalized spacial score (nSPS) is 16.4. The number of anilines is 2. The average Bonchev–Trinajstić information content (AvgIpc) is 3.06. The van der Waals surface area contributed by atoms with Gasteiger partial charge in [0.05, 0.1) is 18.5 Å². The van der Waals surface area contributed by atoms with Gasteiger partial charge >= 0.3 is 6.09 Å². The van der Waals surface area contributed by atoms with Gasteiger partial charge in [0, 0.05) is 5.02 Å². The van der Waals surface area contributed by atoms with E-state index in [0.717, 1.165) is 17.0 Å². The average molecular weight is 381 g/mol. The molecule has 136 valence electrons. The number of nitrogens with zero attached hydrogens (tertiary/aromatic N) is 2. The molecule has 5 nitrogen and oxygen atoms in total. The monoisotopic (exact) mass is 380 g/mol. The lowest BCUT2D eigenvalue weighted by Gasteiger charge is -2.27. The molecule has 6 heteroatoms. The molecule has 1 unspecified atom stereocenters. The zero-order valence-electron chi connectivity index (χ0n) is 14.6. The summed E-state index contributed by atoms with van der Waals surface area (Å²) in [5.41, 5.74) is 2.31. The molecule has 1 heterocycles. The number of benzene rings is 3. The van der Waals surface area contributed by atoms with Gasteiger partial charge in [0.1, 0.15) is 5.75 Å². The number of hydrogen-bond donors (Lipinski definition) is 0. The third kappa shape index (κ3) is 3.29. The Morgan fingerprint density at radius 3 is 2.30 bits per heavy atom. The predicted molar refractivity (Wildman–Crippen MR) is 105 cm³/mol. The molecule has 0 aliphatic carbocycles. The van der Waals surface area contributed by atoms with Gasteiger partial charge in [-0.1, -0.05) is 48.0 Å². The van der Waals surface area contributed by atoms with Gasteiger partial charge in [-0.25, -0.2) is 9.69 Å². The highest BCUT2D eigenvalue weighted by atomic mass is 35.5. The van der Waals surface area contributed by atoms with Crippen LogP contribution in [0, 0.1) is 0 Å². The van der Waals surface area contributed by atoms with Crippen LogP contribution in [0.5, 0.6) is 5.75 Å². The highest BCUT2D eigenvalue weighted by molar-refractivity contribution is 6.30. The Kier molecular flexibility index (Phi) is 4.60. The third-order valence-corrected chi connectivity index (χ3v) is 4.59. The Labute approximate surface area is 162 Å². The molecule has 1 atom stereocenters. The highest BCUT2D eigenvalue weighted by Gasteiger charge is 2.42. The second-order valence-corrected chi connectivity index (χ2v) is 6.45. The van der Waals surface area contributed by atoms with Gasteiger partial charge in [-0.3, -0.25) is 0 Å². The first-order valence-electron chi connectivity index (χ1n) is 8.42. The predicted octanol–water partition coefficient (Wildman–Crippen LogP) is 5.43. The molecule has 1 fully saturated rings. The Balaban J connectivity index is 1.82. The van der Waals surface area contributed by atoms with E-state index in [2.05, 4.69) is 0 Å². The van der Waals surface area contributed by atoms with Crippen molar-refractivity contribution < 1.29 is 14.4 Å². The fourth-order valence-electron chi connectivity index (χ4n) is 3.08. The van der Waals surface area contributed by atoms with Crippen LogP contribution >= 0.6 is 11.6 Å². The lowest BCUT2D eigenvalue weighted by Crippen LogP contribution is -2.31. The minimum atomic E-state index is -0.482. The number of ether oxygens (including phenoxy) is 1. The van der Waals surface area contributed by atoms with E-state index >= 15 is 0 Å². The van der Waals surface area contributed by atoms with E-state index in [9.17, 15) is 4.79 Å². The van der Waals surface area contributed by atoms with Crippen molar-refractivity contribution >= 4 is 29.1 Å². The van der Waals surface area contributed by atoms with E-state index in [1.54, 1.807) is 35.3 Å². The lowest BCUT2D eigenvalue weighted by atomic mass is 10.1. The van der Waals surface area contributed by atoms with Crippen LogP contribution in [-0.4, -0.2) is 13.2 Å². The van der Waals surface area contributed by atoms with Gasteiger partial charge in [0.15, 0.2) is 6.17 Å². The maximum Gasteiger partial charge on any atom is 0.440 e. The molecule has 0 saturated carbocycles. The van der Waals surface area contributed by atoms with E-state index in [1.807, 2.05) is 60.7 Å². The Hall–Kier alpha value is -3.18. The standard InChI is InChI=1S/C21H17ClN2O3/c1-26-19-12-10-15(11-13-19)20-23(18-9-5-6-16(22)14-18)21(25)27-24(20)17-7-3-2-4-8-17/h2-14,20H,1H3. The van der Waals surface area contributed by atoms with Crippen LogP contribution in [-0.2, 0) is 4.84 Å². The molecule has 1 aliphatic heterocycles. The van der Waals surface area contributed by atoms with Crippen LogP contribution < -0.4 is 14.7 Å². The zero-order chi connectivity index (χ0) is 18.8. The molecule has 27 heavy (non-hydrogen) atoms. The number of rotatable bonds is 4. The van der Waals surface area contributed by atoms with Crippen LogP contribution in [0.25, 0.3) is 0 Å². The van der Waals surface area contributed by atoms with E-state index in [-0.39, 0.29) is 0 Å². The number of amides is 1. The lowest BCUT2D eigenvalue weighted by molar-refractivity contribution is 0.164. The molecule has 0 aromatic heterocycles. The maximum atomic E-state index is 12.8. The number of methoxy groups -OCH3 is 1. The quantitative estimate of drug-likeness (QED) is 0.605. The van der Waals surface area contributed by atoms with Crippen LogP contribution in [0.3, 0.4) is 0 Å². The minimum absolute atomic E-state index is 0.470. The summed E-state index contributed by atoms with van der Waals surface area (Å²) in [5.74, 6) is 0.740. The summed E-state index contributed by atoms with van der Waals surface area (Å²) in [6.45, 7) is 0. The van der Waals surface area contributed by atoms with Crippen LogP contribution in [0.15, 0.2) is 78.9 Å². The van der Waals surface area contributed by atoms with Crippen molar-refractivity contribution in [1.82, 2.24) is 0 Å². The summed E-state index contributed by atoms with van der Waals surface area (Å²) in [6, 6.07) is 24.2. The highest BCUT2D eigenvalue weighted by Crippen LogP contribution is 2.40. The first-order chi connectivity index (χ1) is 13.2. The van der Waals surface area contributed by atoms with Crippen molar-refractivity contribution in [2.75, 3.05) is 17.1 Å². The Morgan fingerprint density at radius 1 is 0.926 bits per heavy atom. The number of carbonyl (C=O) groups is 1. The van der Waals surface area contributed by atoms with Crippen molar-refractivity contribution in [3.8, 4) is 5.75 Å². The van der Waals surface area contributed by atoms with Crippen molar-refractivity contribution in [2.45, 2.75) is 6.17 Å². The van der Waals surface area contributed by atoms with Crippen molar-refractivity contribution in [3.05, 3.63) is 89.4 Å². The van der Waals surface area contributed by atoms with Gasteiger partial charge in [-0.05, 0) is 48.0 Å². The molecule has 3 aromatic carbocycles. The SMILES string of the molecule is COc1ccc(C2N(c3ccccc3)OC(=O)N2c2cccc(Cl)c2)cc1. The summed E-state index contributed by atoms with van der Waals surface area (Å²) in [4.78, 5) is 20.0. The van der Waals surface area contributed by atoms with Gasteiger partial charge < -0.3 is 9.57 Å². The number of carbonyl (C=O) groups excluding carboxylic acids is 1. The second-order valence-electron chi connectivity index (χ2n) is 6.02. The van der Waals surface area contributed by atoms with E-state index in [1.165, 1.54) is 0 Å². The molecule has 0 spiro atoms. The minimum Gasteiger partial charge on any atom is -0.497 e. The van der Waals surface area contributed by atoms with Crippen molar-refractivity contribution in [1.29, 1.82) is 0 Å². The summed E-state index contributed by atoms with van der Waals surface area (Å²) in [7, 11) is 1.62. The summed E-state index contributed by atoms with van der Waals surface area (Å²) >= 11 is 6.15. The third-order valence-electron chi connectivity index (χ3n) is 4.35. The number of hydroxylamine groups is 1. The molecule has 0 bridgehead atoms. The number of para-hydroxylation sites is 1. The number of hydrogen-bond acceptors (Lipinski definition) is 4. The molecule has 1 amide bonds. The van der Waals surface area contributed by atoms with Crippen LogP contribution in [0.1, 0.15) is 11.7 Å². The Bertz CT molecular complexity index is 947. The van der Waals surface area contributed by atoms with Crippen molar-refractivity contribution in [2.24, 2.45) is 0 Å². The van der Waals surface area contributed by atoms with E-state index in [4.69, 9.17) is 21.2 Å². The van der Waals surface area contributed by atoms with Crippen LogP contribution in [0.2, 0.25) is 5.02 Å². The fraction of sp³-hybridized carbons (Fsp3) is 0.0952. The van der Waals surface area contributed by atoms with Gasteiger partial charge in [0.2, 0.25) is 0 Å². The maximum absolute atomic E-state index is 12.8. The zero-order valence-corrected chi connectivity index (χ0v) is 15.3. The summed E-state index contributed by atoms with van der Waals surface area (Å²) in [6.07, 6.45) is -0.953. The smallest absolute Gasteiger partial charge is 0.440 e. The molecule has 4 rings (SSSR count). The molecule has 0 N–H and O–H groups in total. The fourth-order valence-corrected chi connectivity index (χ4v) is 3.27. The summed E-state index contributed by atoms with van der Waals surface area (Å²) in [5, 5.41) is 2.15. The largest absolute Gasteiger partial charge is 0.497 e. The first-order valence-corrected chi connectivity index (χ1v) is 8.80. The molecule has 1 aliphatic rings. The summed E-state index contributed by atoms with van der Waals surface area (Å²) < 4.78 is 5.25. The van der Waals surface area contributed by atoms with Crippen LogP contribution in [0.4, 0.5) is 16.2 Å². The molecular formula is C21H17ClN2O3.